The summed E-state index contributed by atoms with van der Waals surface area (Å²) in [4.78, 5) is 15.5. The maximum Gasteiger partial charge on any atom is 0.360 e. The van der Waals surface area contributed by atoms with Crippen LogP contribution in [-0.4, -0.2) is 32.6 Å². The molecule has 0 N–H and O–H groups in total. The zero-order valence-electron chi connectivity index (χ0n) is 10.3. The van der Waals surface area contributed by atoms with Gasteiger partial charge in [-0.05, 0) is 31.5 Å². The molecular weight excluding hydrogens is 232 g/mol. The summed E-state index contributed by atoms with van der Waals surface area (Å²) in [5, 5.41) is 7.81. The molecule has 2 aromatic heterocycles. The van der Waals surface area contributed by atoms with Gasteiger partial charge in [0.05, 0.1) is 18.8 Å². The van der Waals surface area contributed by atoms with Gasteiger partial charge in [-0.1, -0.05) is 5.21 Å². The van der Waals surface area contributed by atoms with Crippen molar-refractivity contribution >= 4 is 5.97 Å². The Morgan fingerprint density at radius 1 is 1.39 bits per heavy atom. The molecule has 0 aliphatic heterocycles. The van der Waals surface area contributed by atoms with Crippen LogP contribution in [0.4, 0.5) is 0 Å². The van der Waals surface area contributed by atoms with E-state index in [1.807, 2.05) is 12.1 Å². The Balaban J connectivity index is 2.18. The third-order valence-electron chi connectivity index (χ3n) is 2.53. The van der Waals surface area contributed by atoms with E-state index in [1.165, 1.54) is 0 Å². The first-order valence-electron chi connectivity index (χ1n) is 5.68. The van der Waals surface area contributed by atoms with Crippen LogP contribution in [0.1, 0.15) is 28.7 Å². The first kappa shape index (κ1) is 12.2. The standard InChI is InChI=1S/C12H14N4O2/c1-3-18-12(17)11-9(2)16(15-14-11)8-10-4-6-13-7-5-10/h4-7H,3,8H2,1-2H3. The number of hydrogen-bond donors (Lipinski definition) is 0. The highest BCUT2D eigenvalue weighted by atomic mass is 16.5. The van der Waals surface area contributed by atoms with Crippen LogP contribution < -0.4 is 0 Å². The van der Waals surface area contributed by atoms with E-state index in [1.54, 1.807) is 30.9 Å². The molecule has 0 aliphatic rings. The van der Waals surface area contributed by atoms with Gasteiger partial charge in [-0.15, -0.1) is 5.10 Å². The SMILES string of the molecule is CCOC(=O)c1nnn(Cc2ccncc2)c1C. The lowest BCUT2D eigenvalue weighted by Crippen LogP contribution is -2.08. The second-order valence-electron chi connectivity index (χ2n) is 3.76. The Bertz CT molecular complexity index is 536. The van der Waals surface area contributed by atoms with Gasteiger partial charge in [0.25, 0.3) is 0 Å². The van der Waals surface area contributed by atoms with E-state index >= 15 is 0 Å². The Kier molecular flexibility index (Phi) is 3.66. The second kappa shape index (κ2) is 5.39. The minimum Gasteiger partial charge on any atom is -0.461 e. The molecule has 2 rings (SSSR count). The van der Waals surface area contributed by atoms with E-state index in [0.29, 0.717) is 18.8 Å². The van der Waals surface area contributed by atoms with Crippen LogP contribution in [-0.2, 0) is 11.3 Å². The van der Waals surface area contributed by atoms with E-state index in [2.05, 4.69) is 15.3 Å². The van der Waals surface area contributed by atoms with Gasteiger partial charge in [0, 0.05) is 12.4 Å². The largest absolute Gasteiger partial charge is 0.461 e. The molecule has 2 heterocycles. The first-order chi connectivity index (χ1) is 8.72. The van der Waals surface area contributed by atoms with Crippen molar-refractivity contribution < 1.29 is 9.53 Å². The smallest absolute Gasteiger partial charge is 0.360 e. The summed E-state index contributed by atoms with van der Waals surface area (Å²) >= 11 is 0. The predicted octanol–water partition coefficient (Wildman–Crippen LogP) is 1.21. The molecule has 94 valence electrons. The van der Waals surface area contributed by atoms with Gasteiger partial charge < -0.3 is 4.74 Å². The van der Waals surface area contributed by atoms with E-state index in [9.17, 15) is 4.79 Å². The number of carbonyl (C=O) groups is 1. The first-order valence-corrected chi connectivity index (χ1v) is 5.68. The molecule has 0 fully saturated rings. The summed E-state index contributed by atoms with van der Waals surface area (Å²) in [6.45, 7) is 4.44. The summed E-state index contributed by atoms with van der Waals surface area (Å²) < 4.78 is 6.58. The lowest BCUT2D eigenvalue weighted by Gasteiger charge is -2.03. The fourth-order valence-corrected chi connectivity index (χ4v) is 1.56. The highest BCUT2D eigenvalue weighted by Crippen LogP contribution is 2.08. The van der Waals surface area contributed by atoms with E-state index < -0.39 is 5.97 Å². The molecule has 0 aliphatic carbocycles. The molecule has 6 nitrogen and oxygen atoms in total. The third-order valence-corrected chi connectivity index (χ3v) is 2.53. The quantitative estimate of drug-likeness (QED) is 0.758. The Morgan fingerprint density at radius 3 is 2.78 bits per heavy atom. The van der Waals surface area contributed by atoms with Crippen molar-refractivity contribution in [1.29, 1.82) is 0 Å². The number of nitrogens with zero attached hydrogens (tertiary/aromatic N) is 4. The van der Waals surface area contributed by atoms with Crippen molar-refractivity contribution in [3.05, 3.63) is 41.5 Å². The fraction of sp³-hybridized carbons (Fsp3) is 0.333. The summed E-state index contributed by atoms with van der Waals surface area (Å²) in [6.07, 6.45) is 3.43. The number of rotatable bonds is 4. The summed E-state index contributed by atoms with van der Waals surface area (Å²) in [5.41, 5.74) is 2.02. The van der Waals surface area contributed by atoms with Gasteiger partial charge in [0.15, 0.2) is 5.69 Å². The van der Waals surface area contributed by atoms with Crippen LogP contribution in [0, 0.1) is 6.92 Å². The number of ether oxygens (including phenoxy) is 1. The Morgan fingerprint density at radius 2 is 2.11 bits per heavy atom. The lowest BCUT2D eigenvalue weighted by atomic mass is 10.2. The van der Waals surface area contributed by atoms with Gasteiger partial charge in [0.1, 0.15) is 0 Å². The molecule has 0 spiro atoms. The molecule has 6 heteroatoms. The fourth-order valence-electron chi connectivity index (χ4n) is 1.56. The summed E-state index contributed by atoms with van der Waals surface area (Å²) in [7, 11) is 0. The van der Waals surface area contributed by atoms with E-state index in [4.69, 9.17) is 4.74 Å². The highest BCUT2D eigenvalue weighted by molar-refractivity contribution is 5.88. The minimum absolute atomic E-state index is 0.269. The molecule has 0 aromatic carbocycles. The number of pyridine rings is 1. The van der Waals surface area contributed by atoms with Crippen LogP contribution >= 0.6 is 0 Å². The van der Waals surface area contributed by atoms with Crippen LogP contribution in [0.2, 0.25) is 0 Å². The molecule has 0 radical (unpaired) electrons. The van der Waals surface area contributed by atoms with E-state index in [0.717, 1.165) is 5.56 Å². The van der Waals surface area contributed by atoms with Crippen molar-refractivity contribution in [3.63, 3.8) is 0 Å². The van der Waals surface area contributed by atoms with Crippen molar-refractivity contribution in [3.8, 4) is 0 Å². The van der Waals surface area contributed by atoms with Gasteiger partial charge in [-0.25, -0.2) is 9.48 Å². The van der Waals surface area contributed by atoms with Crippen LogP contribution in [0.15, 0.2) is 24.5 Å². The molecule has 0 amide bonds. The topological polar surface area (TPSA) is 69.9 Å². The normalized spacial score (nSPS) is 10.3. The van der Waals surface area contributed by atoms with Crippen molar-refractivity contribution in [1.82, 2.24) is 20.0 Å². The predicted molar refractivity (Wildman–Crippen MR) is 64.1 cm³/mol. The average molecular weight is 246 g/mol. The minimum atomic E-state index is -0.434. The molecule has 0 saturated heterocycles. The van der Waals surface area contributed by atoms with Crippen LogP contribution in [0.5, 0.6) is 0 Å². The van der Waals surface area contributed by atoms with Crippen molar-refractivity contribution in [2.75, 3.05) is 6.61 Å². The monoisotopic (exact) mass is 246 g/mol. The highest BCUT2D eigenvalue weighted by Gasteiger charge is 2.17. The molecule has 2 aromatic rings. The zero-order chi connectivity index (χ0) is 13.0. The molecular formula is C12H14N4O2. The maximum absolute atomic E-state index is 11.6. The molecule has 0 atom stereocenters. The number of esters is 1. The summed E-state index contributed by atoms with van der Waals surface area (Å²) in [5.74, 6) is -0.434. The van der Waals surface area contributed by atoms with Crippen LogP contribution in [0.25, 0.3) is 0 Å². The van der Waals surface area contributed by atoms with Gasteiger partial charge in [0.2, 0.25) is 0 Å². The maximum atomic E-state index is 11.6. The Labute approximate surface area is 105 Å². The Hall–Kier alpha value is -2.24. The number of hydrogen-bond acceptors (Lipinski definition) is 5. The van der Waals surface area contributed by atoms with Crippen LogP contribution in [0.3, 0.4) is 0 Å². The zero-order valence-corrected chi connectivity index (χ0v) is 10.3. The molecule has 18 heavy (non-hydrogen) atoms. The number of carbonyl (C=O) groups excluding carboxylic acids is 1. The third kappa shape index (κ3) is 2.53. The van der Waals surface area contributed by atoms with Crippen molar-refractivity contribution in [2.24, 2.45) is 0 Å². The van der Waals surface area contributed by atoms with Gasteiger partial charge in [-0.3, -0.25) is 4.98 Å². The van der Waals surface area contributed by atoms with E-state index in [-0.39, 0.29) is 5.69 Å². The second-order valence-corrected chi connectivity index (χ2v) is 3.76. The van der Waals surface area contributed by atoms with Gasteiger partial charge in [-0.2, -0.15) is 0 Å². The number of aromatic nitrogens is 4. The van der Waals surface area contributed by atoms with Gasteiger partial charge >= 0.3 is 5.97 Å². The summed E-state index contributed by atoms with van der Waals surface area (Å²) in [6, 6.07) is 3.79. The van der Waals surface area contributed by atoms with Crippen molar-refractivity contribution in [2.45, 2.75) is 20.4 Å². The lowest BCUT2D eigenvalue weighted by molar-refractivity contribution is 0.0518. The molecule has 0 bridgehead atoms. The average Bonchev–Trinajstić information content (AvgIpc) is 2.73. The molecule has 0 unspecified atom stereocenters. The molecule has 0 saturated carbocycles.